The van der Waals surface area contributed by atoms with E-state index in [0.717, 1.165) is 12.8 Å². The SMILES string of the molecule is Cc1ccc([C@@H]2CC[C@@H](C(=O)O)N2)s1. The molecule has 1 aliphatic rings. The molecular weight excluding hydrogens is 198 g/mol. The molecule has 0 radical (unpaired) electrons. The highest BCUT2D eigenvalue weighted by atomic mass is 32.1. The van der Waals surface area contributed by atoms with Crippen LogP contribution in [-0.2, 0) is 4.79 Å². The number of hydrogen-bond acceptors (Lipinski definition) is 3. The fraction of sp³-hybridized carbons (Fsp3) is 0.500. The van der Waals surface area contributed by atoms with Gasteiger partial charge in [-0.1, -0.05) is 0 Å². The molecule has 1 saturated heterocycles. The molecule has 0 saturated carbocycles. The second-order valence-electron chi connectivity index (χ2n) is 3.64. The molecule has 0 bridgehead atoms. The van der Waals surface area contributed by atoms with E-state index in [0.29, 0.717) is 0 Å². The highest BCUT2D eigenvalue weighted by Crippen LogP contribution is 2.31. The molecule has 0 unspecified atom stereocenters. The molecule has 0 amide bonds. The lowest BCUT2D eigenvalue weighted by atomic mass is 10.2. The van der Waals surface area contributed by atoms with E-state index in [1.165, 1.54) is 9.75 Å². The van der Waals surface area contributed by atoms with Gasteiger partial charge < -0.3 is 5.11 Å². The Hall–Kier alpha value is -0.870. The van der Waals surface area contributed by atoms with Gasteiger partial charge in [-0.05, 0) is 31.9 Å². The number of hydrogen-bond donors (Lipinski definition) is 2. The molecule has 1 aromatic heterocycles. The molecule has 2 N–H and O–H groups in total. The summed E-state index contributed by atoms with van der Waals surface area (Å²) in [7, 11) is 0. The van der Waals surface area contributed by atoms with Gasteiger partial charge in [0.25, 0.3) is 0 Å². The zero-order valence-corrected chi connectivity index (χ0v) is 8.80. The lowest BCUT2D eigenvalue weighted by Crippen LogP contribution is -2.31. The van der Waals surface area contributed by atoms with Crippen LogP contribution in [0.25, 0.3) is 0 Å². The first-order chi connectivity index (χ1) is 6.66. The largest absolute Gasteiger partial charge is 0.480 e. The third kappa shape index (κ3) is 1.81. The van der Waals surface area contributed by atoms with E-state index in [1.54, 1.807) is 11.3 Å². The summed E-state index contributed by atoms with van der Waals surface area (Å²) in [5, 5.41) is 12.0. The Morgan fingerprint density at radius 1 is 1.57 bits per heavy atom. The van der Waals surface area contributed by atoms with Crippen molar-refractivity contribution in [2.24, 2.45) is 0 Å². The molecule has 3 nitrogen and oxygen atoms in total. The van der Waals surface area contributed by atoms with Crippen molar-refractivity contribution in [3.8, 4) is 0 Å². The van der Waals surface area contributed by atoms with Crippen molar-refractivity contribution < 1.29 is 9.90 Å². The molecule has 0 aromatic carbocycles. The zero-order chi connectivity index (χ0) is 10.1. The Bertz CT molecular complexity index is 348. The number of aryl methyl sites for hydroxylation is 1. The minimum absolute atomic E-state index is 0.245. The van der Waals surface area contributed by atoms with Crippen LogP contribution in [0.5, 0.6) is 0 Å². The smallest absolute Gasteiger partial charge is 0.320 e. The van der Waals surface area contributed by atoms with Crippen molar-refractivity contribution >= 4 is 17.3 Å². The van der Waals surface area contributed by atoms with Crippen LogP contribution in [-0.4, -0.2) is 17.1 Å². The fourth-order valence-electron chi connectivity index (χ4n) is 1.80. The third-order valence-electron chi connectivity index (χ3n) is 2.55. The van der Waals surface area contributed by atoms with Crippen molar-refractivity contribution in [1.29, 1.82) is 0 Å². The van der Waals surface area contributed by atoms with Crippen LogP contribution in [0.3, 0.4) is 0 Å². The van der Waals surface area contributed by atoms with Gasteiger partial charge in [-0.2, -0.15) is 0 Å². The van der Waals surface area contributed by atoms with E-state index in [1.807, 2.05) is 0 Å². The number of nitrogens with one attached hydrogen (secondary N) is 1. The predicted molar refractivity (Wildman–Crippen MR) is 55.6 cm³/mol. The summed E-state index contributed by atoms with van der Waals surface area (Å²) in [4.78, 5) is 13.3. The van der Waals surface area contributed by atoms with Gasteiger partial charge in [0, 0.05) is 15.8 Å². The Morgan fingerprint density at radius 2 is 2.36 bits per heavy atom. The molecule has 4 heteroatoms. The molecule has 2 atom stereocenters. The molecule has 0 spiro atoms. The highest BCUT2D eigenvalue weighted by molar-refractivity contribution is 7.12. The van der Waals surface area contributed by atoms with E-state index < -0.39 is 5.97 Å². The van der Waals surface area contributed by atoms with E-state index in [-0.39, 0.29) is 12.1 Å². The van der Waals surface area contributed by atoms with Gasteiger partial charge in [0.2, 0.25) is 0 Å². The number of carboxylic acids is 1. The predicted octanol–water partition coefficient (Wildman–Crippen LogP) is 1.93. The molecule has 1 fully saturated rings. The quantitative estimate of drug-likeness (QED) is 0.786. The Kier molecular flexibility index (Phi) is 2.56. The summed E-state index contributed by atoms with van der Waals surface area (Å²) in [6.07, 6.45) is 1.66. The number of aliphatic carboxylic acids is 1. The zero-order valence-electron chi connectivity index (χ0n) is 7.99. The van der Waals surface area contributed by atoms with Gasteiger partial charge in [-0.15, -0.1) is 11.3 Å². The third-order valence-corrected chi connectivity index (χ3v) is 3.66. The summed E-state index contributed by atoms with van der Waals surface area (Å²) in [6, 6.07) is 4.05. The van der Waals surface area contributed by atoms with E-state index in [4.69, 9.17) is 5.11 Å². The van der Waals surface area contributed by atoms with Crippen molar-refractivity contribution in [3.63, 3.8) is 0 Å². The van der Waals surface area contributed by atoms with Crippen LogP contribution < -0.4 is 5.32 Å². The van der Waals surface area contributed by atoms with Gasteiger partial charge in [-0.3, -0.25) is 10.1 Å². The standard InChI is InChI=1S/C10H13NO2S/c1-6-2-5-9(14-6)7-3-4-8(11-7)10(12)13/h2,5,7-8,11H,3-4H2,1H3,(H,12,13)/t7-,8-/m0/s1. The Labute approximate surface area is 86.8 Å². The first-order valence-electron chi connectivity index (χ1n) is 4.72. The maximum Gasteiger partial charge on any atom is 0.320 e. The summed E-state index contributed by atoms with van der Waals surface area (Å²) in [6.45, 7) is 2.07. The molecule has 0 aliphatic carbocycles. The monoisotopic (exact) mass is 211 g/mol. The van der Waals surface area contributed by atoms with Crippen LogP contribution in [0.4, 0.5) is 0 Å². The number of carboxylic acid groups (broad SMARTS) is 1. The number of rotatable bonds is 2. The van der Waals surface area contributed by atoms with Crippen molar-refractivity contribution in [2.45, 2.75) is 31.8 Å². The molecule has 1 aromatic rings. The minimum atomic E-state index is -0.735. The first kappa shape index (κ1) is 9.68. The van der Waals surface area contributed by atoms with E-state index >= 15 is 0 Å². The van der Waals surface area contributed by atoms with Crippen LogP contribution in [0.1, 0.15) is 28.6 Å². The topological polar surface area (TPSA) is 49.3 Å². The lowest BCUT2D eigenvalue weighted by Gasteiger charge is -2.09. The first-order valence-corrected chi connectivity index (χ1v) is 5.53. The molecular formula is C10H13NO2S. The van der Waals surface area contributed by atoms with E-state index in [9.17, 15) is 4.79 Å². The summed E-state index contributed by atoms with van der Waals surface area (Å²) >= 11 is 1.74. The number of carbonyl (C=O) groups is 1. The second-order valence-corrected chi connectivity index (χ2v) is 4.96. The Morgan fingerprint density at radius 3 is 2.86 bits per heavy atom. The van der Waals surface area contributed by atoms with Gasteiger partial charge in [0.15, 0.2) is 0 Å². The molecule has 2 rings (SSSR count). The second kappa shape index (κ2) is 3.71. The van der Waals surface area contributed by atoms with E-state index in [2.05, 4.69) is 24.4 Å². The average molecular weight is 211 g/mol. The van der Waals surface area contributed by atoms with Gasteiger partial charge in [-0.25, -0.2) is 0 Å². The van der Waals surface area contributed by atoms with Crippen molar-refractivity contribution in [1.82, 2.24) is 5.32 Å². The van der Waals surface area contributed by atoms with Crippen LogP contribution in [0, 0.1) is 6.92 Å². The summed E-state index contributed by atoms with van der Waals surface area (Å²) < 4.78 is 0. The maximum absolute atomic E-state index is 10.7. The van der Waals surface area contributed by atoms with Crippen LogP contribution in [0.15, 0.2) is 12.1 Å². The lowest BCUT2D eigenvalue weighted by molar-refractivity contribution is -0.139. The average Bonchev–Trinajstić information content (AvgIpc) is 2.70. The van der Waals surface area contributed by atoms with Crippen LogP contribution in [0.2, 0.25) is 0 Å². The molecule has 76 valence electrons. The van der Waals surface area contributed by atoms with Crippen molar-refractivity contribution in [3.05, 3.63) is 21.9 Å². The minimum Gasteiger partial charge on any atom is -0.480 e. The molecule has 14 heavy (non-hydrogen) atoms. The highest BCUT2D eigenvalue weighted by Gasteiger charge is 2.30. The van der Waals surface area contributed by atoms with Crippen molar-refractivity contribution in [2.75, 3.05) is 0 Å². The fourth-order valence-corrected chi connectivity index (χ4v) is 2.77. The maximum atomic E-state index is 10.7. The normalized spacial score (nSPS) is 26.6. The van der Waals surface area contributed by atoms with Gasteiger partial charge >= 0.3 is 5.97 Å². The Balaban J connectivity index is 2.05. The number of thiophene rings is 1. The summed E-state index contributed by atoms with van der Waals surface area (Å²) in [5.74, 6) is -0.735. The van der Waals surface area contributed by atoms with Gasteiger partial charge in [0.05, 0.1) is 0 Å². The molecule has 1 aliphatic heterocycles. The van der Waals surface area contributed by atoms with Gasteiger partial charge in [0.1, 0.15) is 6.04 Å². The van der Waals surface area contributed by atoms with Crippen LogP contribution >= 0.6 is 11.3 Å². The molecule has 2 heterocycles. The summed E-state index contributed by atoms with van der Waals surface area (Å²) in [5.41, 5.74) is 0.